The molecule has 1 heterocycles. The SMILES string of the molecule is COc1ccc(C(=O)c2ccc(C(C)c3ccc(NS(=O)(=O)CCO)cc3F)[nH]2)cc1. The summed E-state index contributed by atoms with van der Waals surface area (Å²) in [6, 6.07) is 14.1. The van der Waals surface area contributed by atoms with E-state index in [1.165, 1.54) is 12.1 Å². The lowest BCUT2D eigenvalue weighted by atomic mass is 9.97. The summed E-state index contributed by atoms with van der Waals surface area (Å²) in [5, 5.41) is 8.79. The topological polar surface area (TPSA) is 108 Å². The van der Waals surface area contributed by atoms with E-state index < -0.39 is 34.1 Å². The third kappa shape index (κ3) is 5.31. The van der Waals surface area contributed by atoms with E-state index in [0.29, 0.717) is 28.3 Å². The molecule has 0 radical (unpaired) electrons. The number of methoxy groups -OCH3 is 1. The lowest BCUT2D eigenvalue weighted by Crippen LogP contribution is -2.19. The Morgan fingerprint density at radius 2 is 1.87 bits per heavy atom. The average Bonchev–Trinajstić information content (AvgIpc) is 3.23. The summed E-state index contributed by atoms with van der Waals surface area (Å²) in [5.74, 6) is -1.01. The Kier molecular flexibility index (Phi) is 6.77. The van der Waals surface area contributed by atoms with Crippen molar-refractivity contribution in [1.82, 2.24) is 4.98 Å². The van der Waals surface area contributed by atoms with E-state index in [4.69, 9.17) is 9.84 Å². The molecule has 31 heavy (non-hydrogen) atoms. The minimum absolute atomic E-state index is 0.0729. The number of rotatable bonds is 9. The molecular formula is C22H23FN2O5S. The van der Waals surface area contributed by atoms with Gasteiger partial charge in [-0.15, -0.1) is 0 Å². The largest absolute Gasteiger partial charge is 0.497 e. The van der Waals surface area contributed by atoms with Gasteiger partial charge in [0.15, 0.2) is 0 Å². The number of benzene rings is 2. The molecule has 0 aliphatic carbocycles. The minimum atomic E-state index is -3.74. The number of sulfonamides is 1. The first-order chi connectivity index (χ1) is 14.7. The lowest BCUT2D eigenvalue weighted by molar-refractivity contribution is 0.103. The summed E-state index contributed by atoms with van der Waals surface area (Å²) in [6.07, 6.45) is 0. The number of anilines is 1. The van der Waals surface area contributed by atoms with Crippen LogP contribution in [0, 0.1) is 5.82 Å². The maximum Gasteiger partial charge on any atom is 0.234 e. The Morgan fingerprint density at radius 3 is 2.48 bits per heavy atom. The summed E-state index contributed by atoms with van der Waals surface area (Å²) in [6.45, 7) is 1.25. The molecule has 1 unspecified atom stereocenters. The molecule has 0 spiro atoms. The number of H-pyrrole nitrogens is 1. The molecule has 3 N–H and O–H groups in total. The quantitative estimate of drug-likeness (QED) is 0.437. The smallest absolute Gasteiger partial charge is 0.234 e. The summed E-state index contributed by atoms with van der Waals surface area (Å²) in [7, 11) is -2.20. The third-order valence-electron chi connectivity index (χ3n) is 4.87. The van der Waals surface area contributed by atoms with Gasteiger partial charge in [-0.1, -0.05) is 13.0 Å². The van der Waals surface area contributed by atoms with Crippen LogP contribution in [-0.4, -0.2) is 43.8 Å². The Labute approximate surface area is 179 Å². The van der Waals surface area contributed by atoms with Crippen LogP contribution in [0.2, 0.25) is 0 Å². The first-order valence-electron chi connectivity index (χ1n) is 9.52. The van der Waals surface area contributed by atoms with E-state index in [2.05, 4.69) is 9.71 Å². The summed E-state index contributed by atoms with van der Waals surface area (Å²) < 4.78 is 45.5. The zero-order chi connectivity index (χ0) is 22.6. The molecule has 1 atom stereocenters. The number of hydrogen-bond donors (Lipinski definition) is 3. The fourth-order valence-electron chi connectivity index (χ4n) is 3.15. The third-order valence-corrected chi connectivity index (χ3v) is 6.14. The van der Waals surface area contributed by atoms with Gasteiger partial charge in [0.05, 0.1) is 30.9 Å². The van der Waals surface area contributed by atoms with Gasteiger partial charge in [-0.2, -0.15) is 0 Å². The second kappa shape index (κ2) is 9.32. The molecule has 1 aromatic heterocycles. The van der Waals surface area contributed by atoms with Gasteiger partial charge in [-0.3, -0.25) is 9.52 Å². The molecule has 3 rings (SSSR count). The van der Waals surface area contributed by atoms with E-state index in [9.17, 15) is 17.6 Å². The van der Waals surface area contributed by atoms with Crippen LogP contribution in [0.15, 0.2) is 54.6 Å². The molecular weight excluding hydrogens is 423 g/mol. The van der Waals surface area contributed by atoms with Gasteiger partial charge in [0.1, 0.15) is 11.6 Å². The van der Waals surface area contributed by atoms with Crippen molar-refractivity contribution >= 4 is 21.5 Å². The highest BCUT2D eigenvalue weighted by molar-refractivity contribution is 7.92. The number of ketones is 1. The molecule has 0 bridgehead atoms. The number of hydrogen-bond acceptors (Lipinski definition) is 5. The average molecular weight is 447 g/mol. The molecule has 0 aliphatic rings. The van der Waals surface area contributed by atoms with E-state index in [1.807, 2.05) is 0 Å². The number of ether oxygens (including phenoxy) is 1. The van der Waals surface area contributed by atoms with E-state index in [0.717, 1.165) is 6.07 Å². The normalized spacial score (nSPS) is 12.4. The second-order valence-electron chi connectivity index (χ2n) is 6.99. The van der Waals surface area contributed by atoms with Crippen LogP contribution < -0.4 is 9.46 Å². The second-order valence-corrected chi connectivity index (χ2v) is 8.83. The minimum Gasteiger partial charge on any atom is -0.497 e. The monoisotopic (exact) mass is 446 g/mol. The highest BCUT2D eigenvalue weighted by Crippen LogP contribution is 2.28. The van der Waals surface area contributed by atoms with Crippen LogP contribution in [0.3, 0.4) is 0 Å². The Bertz CT molecular complexity index is 1170. The summed E-state index contributed by atoms with van der Waals surface area (Å²) in [5.41, 5.74) is 1.93. The molecule has 2 aromatic carbocycles. The predicted molar refractivity (Wildman–Crippen MR) is 116 cm³/mol. The number of nitrogens with one attached hydrogen (secondary N) is 2. The molecule has 7 nitrogen and oxygen atoms in total. The van der Waals surface area contributed by atoms with Crippen LogP contribution in [0.25, 0.3) is 0 Å². The van der Waals surface area contributed by atoms with Crippen molar-refractivity contribution in [3.63, 3.8) is 0 Å². The van der Waals surface area contributed by atoms with Crippen molar-refractivity contribution in [3.05, 3.63) is 82.9 Å². The van der Waals surface area contributed by atoms with Gasteiger partial charge in [0.2, 0.25) is 15.8 Å². The number of halogens is 1. The van der Waals surface area contributed by atoms with Crippen molar-refractivity contribution in [1.29, 1.82) is 0 Å². The van der Waals surface area contributed by atoms with E-state index in [1.54, 1.807) is 50.4 Å². The first kappa shape index (κ1) is 22.5. The Morgan fingerprint density at radius 1 is 1.16 bits per heavy atom. The zero-order valence-corrected chi connectivity index (χ0v) is 17.9. The van der Waals surface area contributed by atoms with Gasteiger partial charge in [0.25, 0.3) is 0 Å². The number of aromatic nitrogens is 1. The van der Waals surface area contributed by atoms with Crippen LogP contribution >= 0.6 is 0 Å². The van der Waals surface area contributed by atoms with Gasteiger partial charge in [0, 0.05) is 17.2 Å². The maximum absolute atomic E-state index is 14.7. The lowest BCUT2D eigenvalue weighted by Gasteiger charge is -2.14. The van der Waals surface area contributed by atoms with Crippen molar-refractivity contribution in [2.75, 3.05) is 24.2 Å². The van der Waals surface area contributed by atoms with E-state index >= 15 is 0 Å². The molecule has 9 heteroatoms. The molecule has 164 valence electrons. The van der Waals surface area contributed by atoms with Crippen LogP contribution in [0.5, 0.6) is 5.75 Å². The van der Waals surface area contributed by atoms with Crippen LogP contribution in [0.4, 0.5) is 10.1 Å². The highest BCUT2D eigenvalue weighted by atomic mass is 32.2. The molecule has 0 aliphatic heterocycles. The molecule has 0 amide bonds. The molecule has 0 fully saturated rings. The van der Waals surface area contributed by atoms with Crippen molar-refractivity contribution in [3.8, 4) is 5.75 Å². The maximum atomic E-state index is 14.7. The van der Waals surface area contributed by atoms with Crippen molar-refractivity contribution in [2.24, 2.45) is 0 Å². The fourth-order valence-corrected chi connectivity index (χ4v) is 3.98. The Hall–Kier alpha value is -3.17. The molecule has 3 aromatic rings. The zero-order valence-electron chi connectivity index (χ0n) is 17.1. The van der Waals surface area contributed by atoms with Crippen molar-refractivity contribution in [2.45, 2.75) is 12.8 Å². The Balaban J connectivity index is 1.78. The van der Waals surface area contributed by atoms with Gasteiger partial charge in [-0.25, -0.2) is 12.8 Å². The van der Waals surface area contributed by atoms with Gasteiger partial charge >= 0.3 is 0 Å². The summed E-state index contributed by atoms with van der Waals surface area (Å²) in [4.78, 5) is 15.7. The molecule has 0 saturated heterocycles. The first-order valence-corrected chi connectivity index (χ1v) is 11.2. The summed E-state index contributed by atoms with van der Waals surface area (Å²) >= 11 is 0. The number of aromatic amines is 1. The predicted octanol–water partition coefficient (Wildman–Crippen LogP) is 3.28. The number of carbonyl (C=O) groups excluding carboxylic acids is 1. The highest BCUT2D eigenvalue weighted by Gasteiger charge is 2.19. The van der Waals surface area contributed by atoms with Gasteiger partial charge in [-0.05, 0) is 54.1 Å². The van der Waals surface area contributed by atoms with Gasteiger partial charge < -0.3 is 14.8 Å². The number of aliphatic hydroxyl groups is 1. The number of carbonyl (C=O) groups is 1. The fraction of sp³-hybridized carbons (Fsp3) is 0.227. The molecule has 0 saturated carbocycles. The van der Waals surface area contributed by atoms with Crippen LogP contribution in [-0.2, 0) is 10.0 Å². The number of aliphatic hydroxyl groups excluding tert-OH is 1. The van der Waals surface area contributed by atoms with Crippen LogP contribution in [0.1, 0.15) is 40.2 Å². The van der Waals surface area contributed by atoms with Crippen molar-refractivity contribution < 1.29 is 27.4 Å². The standard InChI is InChI=1S/C22H23FN2O5S/c1-14(18-8-5-16(13-19(18)23)25-31(28,29)12-11-26)20-9-10-21(24-20)22(27)15-3-6-17(30-2)7-4-15/h3-10,13-14,24-26H,11-12H2,1-2H3. The van der Waals surface area contributed by atoms with E-state index in [-0.39, 0.29) is 11.5 Å².